The molecule has 1 N–H and O–H groups in total. The van der Waals surface area contributed by atoms with Crippen LogP contribution in [-0.2, 0) is 0 Å². The van der Waals surface area contributed by atoms with Crippen LogP contribution in [0, 0.1) is 0 Å². The van der Waals surface area contributed by atoms with Gasteiger partial charge < -0.3 is 10.2 Å². The van der Waals surface area contributed by atoms with E-state index < -0.39 is 0 Å². The average Bonchev–Trinajstić information content (AvgIpc) is 3.20. The Morgan fingerprint density at radius 1 is 0.586 bits per heavy atom. The van der Waals surface area contributed by atoms with Crippen LogP contribution in [0.15, 0.2) is 115 Å². The summed E-state index contributed by atoms with van der Waals surface area (Å²) in [5.74, 6) is 0. The highest BCUT2D eigenvalue weighted by Gasteiger charge is 2.16. The maximum atomic E-state index is 3.51. The number of hydrogen-bond acceptors (Lipinski definition) is 3. The quantitative estimate of drug-likeness (QED) is 0.325. The summed E-state index contributed by atoms with van der Waals surface area (Å²) in [6.45, 7) is 0. The van der Waals surface area contributed by atoms with Gasteiger partial charge >= 0.3 is 0 Å². The number of rotatable bonds is 5. The van der Waals surface area contributed by atoms with Gasteiger partial charge in [-0.3, -0.25) is 0 Å². The van der Waals surface area contributed by atoms with E-state index in [0.717, 1.165) is 22.7 Å². The predicted octanol–water partition coefficient (Wildman–Crippen LogP) is 8.11. The Morgan fingerprint density at radius 2 is 1.24 bits per heavy atom. The van der Waals surface area contributed by atoms with Crippen LogP contribution in [-0.4, -0.2) is 0 Å². The summed E-state index contributed by atoms with van der Waals surface area (Å²) >= 11 is 1.78. The molecule has 0 fully saturated rings. The molecule has 0 unspecified atom stereocenters. The molecule has 0 saturated heterocycles. The third-order valence-corrected chi connectivity index (χ3v) is 5.83. The molecule has 0 radical (unpaired) electrons. The van der Waals surface area contributed by atoms with Crippen molar-refractivity contribution >= 4 is 49.9 Å². The lowest BCUT2D eigenvalue weighted by molar-refractivity contribution is 1.30. The molecule has 29 heavy (non-hydrogen) atoms. The summed E-state index contributed by atoms with van der Waals surface area (Å²) in [5.41, 5.74) is 5.62. The summed E-state index contributed by atoms with van der Waals surface area (Å²) in [5, 5.41) is 7.02. The number of hydrogen-bond donors (Lipinski definition) is 1. The minimum Gasteiger partial charge on any atom is -0.355 e. The molecule has 5 rings (SSSR count). The Labute approximate surface area is 174 Å². The first kappa shape index (κ1) is 17.5. The van der Waals surface area contributed by atoms with Crippen molar-refractivity contribution in [2.45, 2.75) is 0 Å². The van der Waals surface area contributed by atoms with Crippen LogP contribution in [0.4, 0.5) is 28.4 Å². The van der Waals surface area contributed by atoms with Gasteiger partial charge in [-0.2, -0.15) is 0 Å². The first-order valence-electron chi connectivity index (χ1n) is 9.62. The third kappa shape index (κ3) is 3.60. The molecule has 0 atom stereocenters. The van der Waals surface area contributed by atoms with Crippen molar-refractivity contribution in [3.8, 4) is 0 Å². The molecule has 0 aliphatic rings. The van der Waals surface area contributed by atoms with Crippen molar-refractivity contribution in [1.29, 1.82) is 0 Å². The summed E-state index contributed by atoms with van der Waals surface area (Å²) < 4.78 is 1.29. The van der Waals surface area contributed by atoms with Gasteiger partial charge in [0.15, 0.2) is 0 Å². The largest absolute Gasteiger partial charge is 0.355 e. The van der Waals surface area contributed by atoms with Crippen LogP contribution in [0.1, 0.15) is 0 Å². The Balaban J connectivity index is 1.61. The maximum absolute atomic E-state index is 3.51. The highest BCUT2D eigenvalue weighted by atomic mass is 32.1. The van der Waals surface area contributed by atoms with Gasteiger partial charge in [0.25, 0.3) is 0 Å². The molecule has 5 aromatic rings. The van der Waals surface area contributed by atoms with E-state index in [1.165, 1.54) is 15.8 Å². The molecule has 3 heteroatoms. The Kier molecular flexibility index (Phi) is 4.73. The van der Waals surface area contributed by atoms with E-state index in [1.807, 2.05) is 18.2 Å². The van der Waals surface area contributed by atoms with Gasteiger partial charge in [-0.25, -0.2) is 0 Å². The van der Waals surface area contributed by atoms with Crippen LogP contribution in [0.3, 0.4) is 0 Å². The smallest absolute Gasteiger partial charge is 0.0647 e. The number of fused-ring (bicyclic) bond motifs is 1. The zero-order chi connectivity index (χ0) is 19.5. The monoisotopic (exact) mass is 392 g/mol. The van der Waals surface area contributed by atoms with Crippen LogP contribution in [0.25, 0.3) is 10.1 Å². The van der Waals surface area contributed by atoms with Crippen molar-refractivity contribution in [2.24, 2.45) is 0 Å². The standard InChI is InChI=1S/C26H20N2S/c1-3-10-20(11-4-1)27-21-12-9-15-23(18-21)28(22-13-5-2-6-14-22)25-19-29-26-17-8-7-16-24(25)26/h1-19,27H. The van der Waals surface area contributed by atoms with Crippen molar-refractivity contribution in [3.63, 3.8) is 0 Å². The highest BCUT2D eigenvalue weighted by Crippen LogP contribution is 2.42. The molecule has 0 spiro atoms. The topological polar surface area (TPSA) is 15.3 Å². The summed E-state index contributed by atoms with van der Waals surface area (Å²) in [6, 6.07) is 38.0. The molecule has 4 aromatic carbocycles. The van der Waals surface area contributed by atoms with E-state index in [-0.39, 0.29) is 0 Å². The number of nitrogens with one attached hydrogen (secondary N) is 1. The minimum atomic E-state index is 1.06. The van der Waals surface area contributed by atoms with Gasteiger partial charge in [0.05, 0.1) is 5.69 Å². The van der Waals surface area contributed by atoms with Crippen molar-refractivity contribution < 1.29 is 0 Å². The van der Waals surface area contributed by atoms with E-state index in [2.05, 4.69) is 107 Å². The molecule has 2 nitrogen and oxygen atoms in total. The molecular weight excluding hydrogens is 372 g/mol. The second-order valence-corrected chi connectivity index (χ2v) is 7.74. The third-order valence-electron chi connectivity index (χ3n) is 4.88. The summed E-state index contributed by atoms with van der Waals surface area (Å²) in [6.07, 6.45) is 0. The molecule has 0 aliphatic heterocycles. The zero-order valence-electron chi connectivity index (χ0n) is 15.8. The number of thiophene rings is 1. The van der Waals surface area contributed by atoms with Crippen molar-refractivity contribution in [1.82, 2.24) is 0 Å². The van der Waals surface area contributed by atoms with Gasteiger partial charge in [0.1, 0.15) is 0 Å². The van der Waals surface area contributed by atoms with Crippen molar-refractivity contribution in [2.75, 3.05) is 10.2 Å². The number of para-hydroxylation sites is 2. The summed E-state index contributed by atoms with van der Waals surface area (Å²) in [7, 11) is 0. The lowest BCUT2D eigenvalue weighted by Crippen LogP contribution is -2.09. The predicted molar refractivity (Wildman–Crippen MR) is 126 cm³/mol. The van der Waals surface area contributed by atoms with Gasteiger partial charge in [0.2, 0.25) is 0 Å². The van der Waals surface area contributed by atoms with E-state index >= 15 is 0 Å². The second-order valence-electron chi connectivity index (χ2n) is 6.83. The number of nitrogens with zero attached hydrogens (tertiary/aromatic N) is 1. The second kappa shape index (κ2) is 7.82. The lowest BCUT2D eigenvalue weighted by Gasteiger charge is -2.25. The lowest BCUT2D eigenvalue weighted by atomic mass is 10.1. The average molecular weight is 393 g/mol. The molecular formula is C26H20N2S. The van der Waals surface area contributed by atoms with Crippen LogP contribution in [0.5, 0.6) is 0 Å². The molecule has 0 aliphatic carbocycles. The molecule has 0 bridgehead atoms. The van der Waals surface area contributed by atoms with Crippen LogP contribution < -0.4 is 10.2 Å². The molecule has 140 valence electrons. The fourth-order valence-electron chi connectivity index (χ4n) is 3.55. The molecule has 0 amide bonds. The Morgan fingerprint density at radius 3 is 2.07 bits per heavy atom. The van der Waals surface area contributed by atoms with Gasteiger partial charge in [-0.1, -0.05) is 60.7 Å². The fraction of sp³-hybridized carbons (Fsp3) is 0. The molecule has 0 saturated carbocycles. The normalized spacial score (nSPS) is 10.8. The fourth-order valence-corrected chi connectivity index (χ4v) is 4.48. The molecule has 1 aromatic heterocycles. The van der Waals surface area contributed by atoms with E-state index in [9.17, 15) is 0 Å². The maximum Gasteiger partial charge on any atom is 0.0647 e. The first-order chi connectivity index (χ1) is 14.4. The Hall–Kier alpha value is -3.56. The Bertz CT molecular complexity index is 1230. The molecule has 1 heterocycles. The van der Waals surface area contributed by atoms with E-state index in [1.54, 1.807) is 11.3 Å². The van der Waals surface area contributed by atoms with E-state index in [0.29, 0.717) is 0 Å². The zero-order valence-corrected chi connectivity index (χ0v) is 16.6. The highest BCUT2D eigenvalue weighted by molar-refractivity contribution is 7.17. The van der Waals surface area contributed by atoms with Crippen LogP contribution in [0.2, 0.25) is 0 Å². The SMILES string of the molecule is c1ccc(Nc2cccc(N(c3ccccc3)c3csc4ccccc34)c2)cc1. The van der Waals surface area contributed by atoms with Gasteiger partial charge in [-0.05, 0) is 48.5 Å². The van der Waals surface area contributed by atoms with Gasteiger partial charge in [-0.15, -0.1) is 11.3 Å². The van der Waals surface area contributed by atoms with Crippen molar-refractivity contribution in [3.05, 3.63) is 115 Å². The summed E-state index contributed by atoms with van der Waals surface area (Å²) in [4.78, 5) is 2.33. The van der Waals surface area contributed by atoms with Crippen LogP contribution >= 0.6 is 11.3 Å². The number of benzene rings is 4. The van der Waals surface area contributed by atoms with E-state index in [4.69, 9.17) is 0 Å². The number of anilines is 5. The first-order valence-corrected chi connectivity index (χ1v) is 10.5. The van der Waals surface area contributed by atoms with Gasteiger partial charge in [0, 0.05) is 38.2 Å². The minimum absolute atomic E-state index is 1.06.